The minimum absolute atomic E-state index is 0.0853. The van der Waals surface area contributed by atoms with E-state index in [1.807, 2.05) is 0 Å². The quantitative estimate of drug-likeness (QED) is 0.578. The van der Waals surface area contributed by atoms with Gasteiger partial charge in [0.25, 0.3) is 11.8 Å². The van der Waals surface area contributed by atoms with Gasteiger partial charge in [-0.05, 0) is 24.3 Å². The van der Waals surface area contributed by atoms with E-state index in [9.17, 15) is 35.9 Å². The average Bonchev–Trinajstić information content (AvgIpc) is 2.52. The highest BCUT2D eigenvalue weighted by atomic mass is 35.5. The first-order chi connectivity index (χ1) is 11.9. The van der Waals surface area contributed by atoms with Crippen LogP contribution in [0.2, 0.25) is 5.02 Å². The highest BCUT2D eigenvalue weighted by Crippen LogP contribution is 2.42. The van der Waals surface area contributed by atoms with Gasteiger partial charge in [-0.1, -0.05) is 29.8 Å². The fourth-order valence-electron chi connectivity index (χ4n) is 2.17. The minimum atomic E-state index is -5.47. The SMILES string of the molecule is O=C(NC(=O)c1cccc(C(F)(F)F)c1C(F)(F)F)c1ccccc1Cl. The van der Waals surface area contributed by atoms with Crippen LogP contribution >= 0.6 is 11.6 Å². The van der Waals surface area contributed by atoms with Crippen LogP contribution in [-0.4, -0.2) is 11.8 Å². The molecule has 0 spiro atoms. The zero-order chi connectivity index (χ0) is 19.7. The molecule has 2 aromatic carbocycles. The molecule has 0 radical (unpaired) electrons. The lowest BCUT2D eigenvalue weighted by Crippen LogP contribution is -2.33. The molecule has 138 valence electrons. The summed E-state index contributed by atoms with van der Waals surface area (Å²) in [5.41, 5.74) is -5.74. The van der Waals surface area contributed by atoms with Gasteiger partial charge >= 0.3 is 12.4 Å². The maximum atomic E-state index is 13.1. The fourth-order valence-corrected chi connectivity index (χ4v) is 2.39. The second-order valence-corrected chi connectivity index (χ2v) is 5.39. The van der Waals surface area contributed by atoms with Gasteiger partial charge < -0.3 is 0 Å². The monoisotopic (exact) mass is 395 g/mol. The number of amides is 2. The Kier molecular flexibility index (Phi) is 5.31. The van der Waals surface area contributed by atoms with E-state index in [4.69, 9.17) is 11.6 Å². The van der Waals surface area contributed by atoms with Crippen LogP contribution < -0.4 is 5.32 Å². The number of nitrogens with one attached hydrogen (secondary N) is 1. The van der Waals surface area contributed by atoms with Gasteiger partial charge in [0.15, 0.2) is 0 Å². The maximum absolute atomic E-state index is 13.1. The van der Waals surface area contributed by atoms with Gasteiger partial charge in [-0.15, -0.1) is 0 Å². The van der Waals surface area contributed by atoms with Crippen molar-refractivity contribution in [2.75, 3.05) is 0 Å². The zero-order valence-electron chi connectivity index (χ0n) is 12.5. The largest absolute Gasteiger partial charge is 0.417 e. The molecule has 0 fully saturated rings. The van der Waals surface area contributed by atoms with E-state index in [0.29, 0.717) is 12.1 Å². The lowest BCUT2D eigenvalue weighted by Gasteiger charge is -2.18. The molecule has 0 saturated heterocycles. The van der Waals surface area contributed by atoms with Crippen LogP contribution in [0.3, 0.4) is 0 Å². The predicted molar refractivity (Wildman–Crippen MR) is 79.7 cm³/mol. The van der Waals surface area contributed by atoms with Crippen molar-refractivity contribution in [1.29, 1.82) is 0 Å². The summed E-state index contributed by atoms with van der Waals surface area (Å²) >= 11 is 5.74. The Bertz CT molecular complexity index is 861. The van der Waals surface area contributed by atoms with Crippen molar-refractivity contribution in [3.63, 3.8) is 0 Å². The molecule has 2 amide bonds. The molecule has 1 N–H and O–H groups in total. The third kappa shape index (κ3) is 4.16. The second kappa shape index (κ2) is 6.99. The molecular weight excluding hydrogens is 388 g/mol. The van der Waals surface area contributed by atoms with Gasteiger partial charge in [-0.2, -0.15) is 26.3 Å². The number of hydrogen-bond donors (Lipinski definition) is 1. The number of imide groups is 1. The van der Waals surface area contributed by atoms with Crippen LogP contribution in [0.1, 0.15) is 31.8 Å². The van der Waals surface area contributed by atoms with Crippen molar-refractivity contribution in [3.05, 3.63) is 69.7 Å². The Morgan fingerprint density at radius 1 is 0.769 bits per heavy atom. The van der Waals surface area contributed by atoms with E-state index in [0.717, 1.165) is 0 Å². The summed E-state index contributed by atoms with van der Waals surface area (Å²) in [4.78, 5) is 24.0. The molecule has 26 heavy (non-hydrogen) atoms. The van der Waals surface area contributed by atoms with Crippen LogP contribution in [0.25, 0.3) is 0 Å². The number of carbonyl (C=O) groups is 2. The molecule has 0 aromatic heterocycles. The smallest absolute Gasteiger partial charge is 0.288 e. The average molecular weight is 396 g/mol. The second-order valence-electron chi connectivity index (χ2n) is 4.99. The van der Waals surface area contributed by atoms with Crippen LogP contribution in [-0.2, 0) is 12.4 Å². The van der Waals surface area contributed by atoms with E-state index >= 15 is 0 Å². The lowest BCUT2D eigenvalue weighted by molar-refractivity contribution is -0.162. The molecule has 0 aliphatic heterocycles. The molecule has 0 heterocycles. The third-order valence-corrected chi connectivity index (χ3v) is 3.57. The van der Waals surface area contributed by atoms with Crippen molar-refractivity contribution in [2.45, 2.75) is 12.4 Å². The van der Waals surface area contributed by atoms with Crippen LogP contribution in [0.15, 0.2) is 42.5 Å². The topological polar surface area (TPSA) is 46.2 Å². The van der Waals surface area contributed by atoms with Gasteiger partial charge in [0.1, 0.15) is 0 Å². The minimum Gasteiger partial charge on any atom is -0.288 e. The highest BCUT2D eigenvalue weighted by Gasteiger charge is 2.45. The number of halogens is 7. The first kappa shape index (κ1) is 19.8. The highest BCUT2D eigenvalue weighted by molar-refractivity contribution is 6.34. The molecule has 0 aliphatic rings. The first-order valence-electron chi connectivity index (χ1n) is 6.80. The normalized spacial score (nSPS) is 12.0. The molecule has 0 unspecified atom stereocenters. The van der Waals surface area contributed by atoms with Crippen LogP contribution in [0, 0.1) is 0 Å². The van der Waals surface area contributed by atoms with Gasteiger partial charge in [-0.3, -0.25) is 14.9 Å². The van der Waals surface area contributed by atoms with Gasteiger partial charge in [-0.25, -0.2) is 0 Å². The van der Waals surface area contributed by atoms with E-state index in [1.165, 1.54) is 24.3 Å². The summed E-state index contributed by atoms with van der Waals surface area (Å²) in [6.45, 7) is 0. The van der Waals surface area contributed by atoms with Crippen molar-refractivity contribution in [1.82, 2.24) is 5.32 Å². The Hall–Kier alpha value is -2.55. The van der Waals surface area contributed by atoms with Crippen molar-refractivity contribution >= 4 is 23.4 Å². The molecule has 0 saturated carbocycles. The fraction of sp³-hybridized carbons (Fsp3) is 0.125. The third-order valence-electron chi connectivity index (χ3n) is 3.24. The summed E-state index contributed by atoms with van der Waals surface area (Å²) in [5.74, 6) is -2.78. The zero-order valence-corrected chi connectivity index (χ0v) is 13.3. The summed E-state index contributed by atoms with van der Waals surface area (Å²) in [5, 5.41) is 1.53. The Labute approximate surface area is 147 Å². The lowest BCUT2D eigenvalue weighted by atomic mass is 9.99. The molecule has 10 heteroatoms. The molecule has 2 rings (SSSR count). The Balaban J connectivity index is 2.47. The number of alkyl halides is 6. The van der Waals surface area contributed by atoms with Gasteiger partial charge in [0.05, 0.1) is 27.3 Å². The summed E-state index contributed by atoms with van der Waals surface area (Å²) < 4.78 is 78.1. The first-order valence-corrected chi connectivity index (χ1v) is 7.18. The summed E-state index contributed by atoms with van der Waals surface area (Å²) in [6.07, 6.45) is -10.8. The summed E-state index contributed by atoms with van der Waals surface area (Å²) in [7, 11) is 0. The standard InChI is InChI=1S/C16H8ClF6NO2/c17-11-7-2-1-4-8(11)13(25)24-14(26)9-5-3-6-10(15(18,19)20)12(9)16(21,22)23/h1-7H,(H,24,25,26). The molecule has 0 aliphatic carbocycles. The molecule has 3 nitrogen and oxygen atoms in total. The van der Waals surface area contributed by atoms with E-state index < -0.39 is 40.9 Å². The summed E-state index contributed by atoms with van der Waals surface area (Å²) in [6, 6.07) is 6.75. The Morgan fingerprint density at radius 3 is 1.85 bits per heavy atom. The van der Waals surface area contributed by atoms with Crippen LogP contribution in [0.5, 0.6) is 0 Å². The van der Waals surface area contributed by atoms with Crippen molar-refractivity contribution in [2.24, 2.45) is 0 Å². The van der Waals surface area contributed by atoms with E-state index in [2.05, 4.69) is 0 Å². The van der Waals surface area contributed by atoms with E-state index in [1.54, 1.807) is 5.32 Å². The van der Waals surface area contributed by atoms with Gasteiger partial charge in [0, 0.05) is 0 Å². The Morgan fingerprint density at radius 2 is 1.31 bits per heavy atom. The number of benzene rings is 2. The van der Waals surface area contributed by atoms with Gasteiger partial charge in [0.2, 0.25) is 0 Å². The van der Waals surface area contributed by atoms with Crippen LogP contribution in [0.4, 0.5) is 26.3 Å². The number of carbonyl (C=O) groups excluding carboxylic acids is 2. The molecule has 0 bridgehead atoms. The van der Waals surface area contributed by atoms with E-state index in [-0.39, 0.29) is 16.7 Å². The molecular formula is C16H8ClF6NO2. The molecule has 0 atom stereocenters. The number of hydrogen-bond acceptors (Lipinski definition) is 2. The maximum Gasteiger partial charge on any atom is 0.417 e. The number of rotatable bonds is 2. The molecule has 2 aromatic rings. The van der Waals surface area contributed by atoms with Crippen molar-refractivity contribution < 1.29 is 35.9 Å². The van der Waals surface area contributed by atoms with Crippen molar-refractivity contribution in [3.8, 4) is 0 Å². The predicted octanol–water partition coefficient (Wildman–Crippen LogP) is 4.95.